The molecular weight excluding hydrogens is 608 g/mol. The molecule has 46 heavy (non-hydrogen) atoms. The van der Waals surface area contributed by atoms with Crippen molar-refractivity contribution in [1.82, 2.24) is 0 Å². The molecule has 0 N–H and O–H groups in total. The van der Waals surface area contributed by atoms with Gasteiger partial charge in [0.15, 0.2) is 17.3 Å². The molecule has 0 bridgehead atoms. The first-order valence-corrected chi connectivity index (χ1v) is 15.6. The Hall–Kier alpha value is -3.52. The van der Waals surface area contributed by atoms with Crippen LogP contribution in [0.15, 0.2) is 11.6 Å². The fourth-order valence-electron chi connectivity index (χ4n) is 8.04. The van der Waals surface area contributed by atoms with Gasteiger partial charge in [0.1, 0.15) is 31.0 Å². The zero-order valence-corrected chi connectivity index (χ0v) is 27.4. The van der Waals surface area contributed by atoms with Crippen LogP contribution >= 0.6 is 0 Å². The Bertz CT molecular complexity index is 1370. The maximum atomic E-state index is 13.4. The lowest BCUT2D eigenvalue weighted by Crippen LogP contribution is -2.66. The highest BCUT2D eigenvalue weighted by atomic mass is 16.7. The molecule has 0 amide bonds. The van der Waals surface area contributed by atoms with Crippen LogP contribution in [0.2, 0.25) is 0 Å². The molecular formula is C32H42O14. The number of rotatable bonds is 8. The number of epoxide rings is 2. The normalized spacial score (nSPS) is 43.0. The Kier molecular flexibility index (Phi) is 8.55. The molecule has 14 heteroatoms. The third-order valence-corrected chi connectivity index (χ3v) is 10.2. The fraction of sp³-hybridized carbons (Fsp3) is 0.750. The Balaban J connectivity index is 1.81. The molecule has 1 saturated carbocycles. The van der Waals surface area contributed by atoms with Crippen LogP contribution in [0.3, 0.4) is 0 Å². The predicted octanol–water partition coefficient (Wildman–Crippen LogP) is 2.02. The van der Waals surface area contributed by atoms with Crippen molar-refractivity contribution >= 4 is 35.8 Å². The highest BCUT2D eigenvalue weighted by molar-refractivity contribution is 5.89. The summed E-state index contributed by atoms with van der Waals surface area (Å²) in [5.74, 6) is -4.80. The van der Waals surface area contributed by atoms with Crippen LogP contribution in [0.4, 0.5) is 0 Å². The minimum atomic E-state index is -1.63. The first kappa shape index (κ1) is 33.8. The summed E-state index contributed by atoms with van der Waals surface area (Å²) < 4.78 is 47.8. The quantitative estimate of drug-likeness (QED) is 0.161. The molecule has 3 saturated heterocycles. The van der Waals surface area contributed by atoms with Gasteiger partial charge in [-0.1, -0.05) is 13.8 Å². The average molecular weight is 651 g/mol. The molecule has 254 valence electrons. The van der Waals surface area contributed by atoms with Crippen molar-refractivity contribution in [3.63, 3.8) is 0 Å². The molecule has 14 nitrogen and oxygen atoms in total. The predicted molar refractivity (Wildman–Crippen MR) is 152 cm³/mol. The largest absolute Gasteiger partial charge is 0.462 e. The van der Waals surface area contributed by atoms with E-state index in [1.807, 2.05) is 13.8 Å². The third-order valence-electron chi connectivity index (χ3n) is 10.2. The Labute approximate surface area is 266 Å². The number of hydrogen-bond acceptors (Lipinski definition) is 14. The van der Waals surface area contributed by atoms with Gasteiger partial charge in [0.05, 0.1) is 17.1 Å². The van der Waals surface area contributed by atoms with Gasteiger partial charge in [0.25, 0.3) is 0 Å². The van der Waals surface area contributed by atoms with Crippen LogP contribution in [-0.2, 0) is 66.7 Å². The summed E-state index contributed by atoms with van der Waals surface area (Å²) in [5.41, 5.74) is -5.40. The van der Waals surface area contributed by atoms with E-state index in [1.165, 1.54) is 40.7 Å². The molecule has 5 aliphatic rings. The SMILES string of the molecule is CCCC(=O)OC1CC(OC(C)=O)/C(COC(C)=O)=C/C2OC(=O)C3(C)OC23C(OC(C)=O)C2C3(C)OC3CC(OC(C)=O)C12C. The minimum Gasteiger partial charge on any atom is -0.462 e. The Morgan fingerprint density at radius 1 is 0.870 bits per heavy atom. The van der Waals surface area contributed by atoms with E-state index < -0.39 is 101 Å². The van der Waals surface area contributed by atoms with Crippen molar-refractivity contribution in [2.24, 2.45) is 11.3 Å². The average Bonchev–Trinajstić information content (AvgIpc) is 3.77. The number of fused-ring (bicyclic) bond motifs is 3. The van der Waals surface area contributed by atoms with Crippen molar-refractivity contribution in [2.75, 3.05) is 6.61 Å². The topological polar surface area (TPSA) is 183 Å². The third kappa shape index (κ3) is 5.36. The van der Waals surface area contributed by atoms with Gasteiger partial charge >= 0.3 is 35.8 Å². The second-order valence-corrected chi connectivity index (χ2v) is 13.3. The zero-order chi connectivity index (χ0) is 34.0. The van der Waals surface area contributed by atoms with Crippen molar-refractivity contribution in [1.29, 1.82) is 0 Å². The van der Waals surface area contributed by atoms with Crippen LogP contribution in [0.5, 0.6) is 0 Å². The molecule has 0 aromatic rings. The Morgan fingerprint density at radius 2 is 1.50 bits per heavy atom. The maximum Gasteiger partial charge on any atom is 0.342 e. The van der Waals surface area contributed by atoms with Gasteiger partial charge in [0.2, 0.25) is 0 Å². The van der Waals surface area contributed by atoms with Gasteiger partial charge in [-0.15, -0.1) is 0 Å². The van der Waals surface area contributed by atoms with Crippen LogP contribution in [0, 0.1) is 11.3 Å². The first-order chi connectivity index (χ1) is 21.4. The van der Waals surface area contributed by atoms with Crippen LogP contribution < -0.4 is 0 Å². The molecule has 0 radical (unpaired) electrons. The van der Waals surface area contributed by atoms with Crippen molar-refractivity contribution < 1.29 is 66.7 Å². The molecule has 11 atom stereocenters. The summed E-state index contributed by atoms with van der Waals surface area (Å²) in [4.78, 5) is 76.6. The monoisotopic (exact) mass is 650 g/mol. The highest BCUT2D eigenvalue weighted by Gasteiger charge is 2.89. The molecule has 4 fully saturated rings. The molecule has 3 heterocycles. The lowest BCUT2D eigenvalue weighted by Gasteiger charge is -2.54. The summed E-state index contributed by atoms with van der Waals surface area (Å²) in [6, 6.07) is 0. The van der Waals surface area contributed by atoms with E-state index in [9.17, 15) is 28.8 Å². The highest BCUT2D eigenvalue weighted by Crippen LogP contribution is 2.69. The Morgan fingerprint density at radius 3 is 2.07 bits per heavy atom. The first-order valence-electron chi connectivity index (χ1n) is 15.6. The van der Waals surface area contributed by atoms with Crippen LogP contribution in [-0.4, -0.2) is 95.8 Å². The zero-order valence-electron chi connectivity index (χ0n) is 27.4. The summed E-state index contributed by atoms with van der Waals surface area (Å²) >= 11 is 0. The second-order valence-electron chi connectivity index (χ2n) is 13.3. The van der Waals surface area contributed by atoms with Gasteiger partial charge in [-0.3, -0.25) is 24.0 Å². The van der Waals surface area contributed by atoms with E-state index in [-0.39, 0.29) is 31.4 Å². The van der Waals surface area contributed by atoms with Gasteiger partial charge in [-0.25, -0.2) is 4.79 Å². The molecule has 2 aliphatic carbocycles. The van der Waals surface area contributed by atoms with E-state index in [1.54, 1.807) is 6.92 Å². The molecule has 5 rings (SSSR count). The van der Waals surface area contributed by atoms with E-state index in [0.29, 0.717) is 6.42 Å². The molecule has 11 unspecified atom stereocenters. The molecule has 0 aromatic heterocycles. The number of hydrogen-bond donors (Lipinski definition) is 0. The van der Waals surface area contributed by atoms with Crippen molar-refractivity contribution in [3.05, 3.63) is 11.6 Å². The van der Waals surface area contributed by atoms with Crippen LogP contribution in [0.25, 0.3) is 0 Å². The van der Waals surface area contributed by atoms with Gasteiger partial charge in [-0.2, -0.15) is 0 Å². The smallest absolute Gasteiger partial charge is 0.342 e. The fourth-order valence-corrected chi connectivity index (χ4v) is 8.04. The standard InChI is InChI=1S/C32H42O14/c1-9-10-25(37)43-21-12-20(40-16(3)34)19(14-39-15(2)33)11-24-32(31(8,46-32)28(38)44-24)27(42-18(5)36)26-29(21,6)22(41-17(4)35)13-23-30(26,7)45-23/h11,20-24,26-27H,9-10,12-14H2,1-8H3/b19-11+. The van der Waals surface area contributed by atoms with Gasteiger partial charge in [0, 0.05) is 58.4 Å². The molecule has 0 aromatic carbocycles. The maximum absolute atomic E-state index is 13.4. The summed E-state index contributed by atoms with van der Waals surface area (Å²) in [5, 5.41) is 0. The lowest BCUT2D eigenvalue weighted by molar-refractivity contribution is -0.216. The summed E-state index contributed by atoms with van der Waals surface area (Å²) in [6.45, 7) is 11.4. The number of carbonyl (C=O) groups excluding carboxylic acids is 6. The van der Waals surface area contributed by atoms with Crippen molar-refractivity contribution in [3.8, 4) is 0 Å². The van der Waals surface area contributed by atoms with E-state index in [4.69, 9.17) is 37.9 Å². The number of esters is 6. The lowest BCUT2D eigenvalue weighted by atomic mass is 9.53. The van der Waals surface area contributed by atoms with Crippen LogP contribution in [0.1, 0.15) is 81.1 Å². The number of carbonyl (C=O) groups is 6. The summed E-state index contributed by atoms with van der Waals surface area (Å²) in [6.07, 6.45) is -4.11. The minimum absolute atomic E-state index is 0.0587. The molecule has 3 aliphatic heterocycles. The van der Waals surface area contributed by atoms with Gasteiger partial charge < -0.3 is 37.9 Å². The van der Waals surface area contributed by atoms with E-state index in [0.717, 1.165) is 0 Å². The second kappa shape index (κ2) is 11.6. The van der Waals surface area contributed by atoms with E-state index in [2.05, 4.69) is 0 Å². The number of ether oxygens (including phenoxy) is 8. The van der Waals surface area contributed by atoms with E-state index >= 15 is 0 Å². The summed E-state index contributed by atoms with van der Waals surface area (Å²) in [7, 11) is 0. The van der Waals surface area contributed by atoms with Crippen molar-refractivity contribution in [2.45, 2.75) is 135 Å². The molecule has 1 spiro atoms. The van der Waals surface area contributed by atoms with Gasteiger partial charge in [-0.05, 0) is 26.3 Å².